The Morgan fingerprint density at radius 3 is 2.71 bits per heavy atom. The third-order valence-electron chi connectivity index (χ3n) is 2.65. The number of fused-ring (bicyclic) bond motifs is 1. The number of rotatable bonds is 3. The second kappa shape index (κ2) is 5.72. The Hall–Kier alpha value is -2.09. The first-order valence-electron chi connectivity index (χ1n) is 6.52. The van der Waals surface area contributed by atoms with E-state index < -0.39 is 16.0 Å². The molecule has 0 saturated carbocycles. The quantitative estimate of drug-likeness (QED) is 0.821. The predicted molar refractivity (Wildman–Crippen MR) is 78.9 cm³/mol. The summed E-state index contributed by atoms with van der Waals surface area (Å²) in [6.07, 6.45) is 0. The van der Waals surface area contributed by atoms with Gasteiger partial charge in [-0.15, -0.1) is 0 Å². The molecule has 0 unspecified atom stereocenters. The molecule has 0 saturated heterocycles. The summed E-state index contributed by atoms with van der Waals surface area (Å²) in [7, 11) is -3.69. The Bertz CT molecular complexity index is 695. The molecule has 1 aromatic carbocycles. The van der Waals surface area contributed by atoms with E-state index in [1.807, 2.05) is 13.8 Å². The van der Waals surface area contributed by atoms with Gasteiger partial charge in [0, 0.05) is 6.04 Å². The molecule has 1 aliphatic heterocycles. The van der Waals surface area contributed by atoms with Crippen LogP contribution in [0.3, 0.4) is 0 Å². The molecule has 1 aromatic rings. The van der Waals surface area contributed by atoms with Gasteiger partial charge in [0.2, 0.25) is 5.96 Å². The number of carbonyl (C=O) groups is 1. The van der Waals surface area contributed by atoms with Gasteiger partial charge >= 0.3 is 5.97 Å². The standard InChI is InChI=1S/C13H17N3O4S/c1-4-20-12(17)9-5-6-11-10(7-9)15-13(14-8(2)3)16-21(11,18)19/h5-8H,4H2,1-3H3,(H2,14,15,16). The van der Waals surface area contributed by atoms with Crippen LogP contribution in [-0.4, -0.2) is 33.0 Å². The van der Waals surface area contributed by atoms with Crippen LogP contribution in [0.15, 0.2) is 28.1 Å². The molecule has 0 atom stereocenters. The molecule has 0 aliphatic carbocycles. The van der Waals surface area contributed by atoms with E-state index in [2.05, 4.69) is 15.0 Å². The molecule has 0 fully saturated rings. The number of benzene rings is 1. The van der Waals surface area contributed by atoms with Crippen molar-refractivity contribution in [2.24, 2.45) is 4.99 Å². The molecule has 2 N–H and O–H groups in total. The minimum atomic E-state index is -3.69. The molecule has 1 heterocycles. The van der Waals surface area contributed by atoms with Crippen LogP contribution in [0.25, 0.3) is 0 Å². The summed E-state index contributed by atoms with van der Waals surface area (Å²) >= 11 is 0. The van der Waals surface area contributed by atoms with Gasteiger partial charge in [-0.3, -0.25) is 0 Å². The predicted octanol–water partition coefficient (Wildman–Crippen LogP) is 1.33. The van der Waals surface area contributed by atoms with Crippen molar-refractivity contribution >= 4 is 27.6 Å². The minimum absolute atomic E-state index is 0.0678. The van der Waals surface area contributed by atoms with Crippen LogP contribution in [0.5, 0.6) is 0 Å². The second-order valence-corrected chi connectivity index (χ2v) is 6.38. The summed E-state index contributed by atoms with van der Waals surface area (Å²) in [5, 5.41) is 2.87. The molecule has 0 amide bonds. The topological polar surface area (TPSA) is 96.9 Å². The molecule has 21 heavy (non-hydrogen) atoms. The highest BCUT2D eigenvalue weighted by Crippen LogP contribution is 2.26. The molecule has 7 nitrogen and oxygen atoms in total. The molecular weight excluding hydrogens is 294 g/mol. The fourth-order valence-corrected chi connectivity index (χ4v) is 2.97. The summed E-state index contributed by atoms with van der Waals surface area (Å²) in [5.41, 5.74) is 0.586. The molecule has 8 heteroatoms. The lowest BCUT2D eigenvalue weighted by Gasteiger charge is -2.22. The monoisotopic (exact) mass is 311 g/mol. The lowest BCUT2D eigenvalue weighted by Crippen LogP contribution is -2.41. The van der Waals surface area contributed by atoms with Gasteiger partial charge < -0.3 is 10.1 Å². The van der Waals surface area contributed by atoms with E-state index in [9.17, 15) is 13.2 Å². The van der Waals surface area contributed by atoms with Crippen molar-refractivity contribution in [1.82, 2.24) is 4.72 Å². The third-order valence-corrected chi connectivity index (χ3v) is 4.05. The number of carbonyl (C=O) groups excluding carboxylic acids is 1. The van der Waals surface area contributed by atoms with Gasteiger partial charge in [0.15, 0.2) is 0 Å². The first kappa shape index (κ1) is 15.3. The molecule has 0 aromatic heterocycles. The van der Waals surface area contributed by atoms with E-state index in [0.29, 0.717) is 5.69 Å². The second-order valence-electron chi connectivity index (χ2n) is 4.73. The van der Waals surface area contributed by atoms with E-state index in [1.165, 1.54) is 18.2 Å². The number of anilines is 1. The van der Waals surface area contributed by atoms with Gasteiger partial charge in [-0.05, 0) is 39.0 Å². The number of esters is 1. The highest BCUT2D eigenvalue weighted by Gasteiger charge is 2.27. The average Bonchev–Trinajstić information content (AvgIpc) is 2.36. The van der Waals surface area contributed by atoms with Crippen LogP contribution < -0.4 is 10.0 Å². The molecule has 114 valence electrons. The highest BCUT2D eigenvalue weighted by atomic mass is 32.2. The Morgan fingerprint density at radius 1 is 1.38 bits per heavy atom. The number of aliphatic imine (C=N–C) groups is 1. The van der Waals surface area contributed by atoms with Crippen molar-refractivity contribution in [3.63, 3.8) is 0 Å². The maximum atomic E-state index is 12.1. The lowest BCUT2D eigenvalue weighted by atomic mass is 10.2. The van der Waals surface area contributed by atoms with E-state index >= 15 is 0 Å². The molecule has 0 radical (unpaired) electrons. The first-order chi connectivity index (χ1) is 9.83. The number of nitrogens with one attached hydrogen (secondary N) is 2. The number of nitrogens with zero attached hydrogens (tertiary/aromatic N) is 1. The van der Waals surface area contributed by atoms with Crippen LogP contribution in [0.4, 0.5) is 5.69 Å². The largest absolute Gasteiger partial charge is 0.462 e. The summed E-state index contributed by atoms with van der Waals surface area (Å²) in [6.45, 7) is 5.61. The van der Waals surface area contributed by atoms with Gasteiger partial charge in [-0.25, -0.2) is 22.9 Å². The highest BCUT2D eigenvalue weighted by molar-refractivity contribution is 7.90. The van der Waals surface area contributed by atoms with E-state index in [4.69, 9.17) is 4.74 Å². The molecule has 0 bridgehead atoms. The van der Waals surface area contributed by atoms with E-state index in [1.54, 1.807) is 6.92 Å². The van der Waals surface area contributed by atoms with Gasteiger partial charge in [0.05, 0.1) is 17.9 Å². The zero-order chi connectivity index (χ0) is 15.6. The SMILES string of the molecule is CCOC(=O)c1ccc2c(c1)NC(=NC(C)C)NS2(=O)=O. The van der Waals surface area contributed by atoms with Crippen molar-refractivity contribution in [3.05, 3.63) is 23.8 Å². The summed E-state index contributed by atoms with van der Waals surface area (Å²) in [4.78, 5) is 15.9. The Balaban J connectivity index is 2.45. The summed E-state index contributed by atoms with van der Waals surface area (Å²) in [6, 6.07) is 4.15. The Kier molecular flexibility index (Phi) is 4.17. The minimum Gasteiger partial charge on any atom is -0.462 e. The maximum Gasteiger partial charge on any atom is 0.338 e. The fourth-order valence-electron chi connectivity index (χ4n) is 1.86. The average molecular weight is 311 g/mol. The number of hydrogen-bond acceptors (Lipinski definition) is 5. The number of hydrogen-bond donors (Lipinski definition) is 2. The zero-order valence-corrected chi connectivity index (χ0v) is 12.8. The van der Waals surface area contributed by atoms with Crippen molar-refractivity contribution in [2.45, 2.75) is 31.7 Å². The fraction of sp³-hybridized carbons (Fsp3) is 0.385. The molecule has 0 spiro atoms. The number of guanidine groups is 1. The maximum absolute atomic E-state index is 12.1. The number of ether oxygens (including phenoxy) is 1. The Labute approximate surface area is 123 Å². The molecular formula is C13H17N3O4S. The van der Waals surface area contributed by atoms with Crippen molar-refractivity contribution in [2.75, 3.05) is 11.9 Å². The number of sulfonamides is 1. The molecule has 2 rings (SSSR count). The van der Waals surface area contributed by atoms with Crippen molar-refractivity contribution in [3.8, 4) is 0 Å². The Morgan fingerprint density at radius 2 is 2.10 bits per heavy atom. The molecule has 1 aliphatic rings. The van der Waals surface area contributed by atoms with E-state index in [-0.39, 0.29) is 29.1 Å². The smallest absolute Gasteiger partial charge is 0.338 e. The van der Waals surface area contributed by atoms with Gasteiger partial charge in [0.25, 0.3) is 10.0 Å². The zero-order valence-electron chi connectivity index (χ0n) is 12.0. The van der Waals surface area contributed by atoms with Gasteiger partial charge in [0.1, 0.15) is 4.90 Å². The van der Waals surface area contributed by atoms with Gasteiger partial charge in [-0.1, -0.05) is 0 Å². The van der Waals surface area contributed by atoms with Crippen LogP contribution in [0.2, 0.25) is 0 Å². The normalized spacial score (nSPS) is 17.8. The van der Waals surface area contributed by atoms with Crippen LogP contribution >= 0.6 is 0 Å². The van der Waals surface area contributed by atoms with Crippen LogP contribution in [0.1, 0.15) is 31.1 Å². The lowest BCUT2D eigenvalue weighted by molar-refractivity contribution is 0.0526. The van der Waals surface area contributed by atoms with E-state index in [0.717, 1.165) is 0 Å². The van der Waals surface area contributed by atoms with Gasteiger partial charge in [-0.2, -0.15) is 0 Å². The van der Waals surface area contributed by atoms with Crippen LogP contribution in [-0.2, 0) is 14.8 Å². The summed E-state index contributed by atoms with van der Waals surface area (Å²) in [5.74, 6) is -0.362. The first-order valence-corrected chi connectivity index (χ1v) is 8.00. The third kappa shape index (κ3) is 3.33. The van der Waals surface area contributed by atoms with Crippen LogP contribution in [0, 0.1) is 0 Å². The summed E-state index contributed by atoms with van der Waals surface area (Å²) < 4.78 is 31.5. The van der Waals surface area contributed by atoms with Crippen molar-refractivity contribution in [1.29, 1.82) is 0 Å². The van der Waals surface area contributed by atoms with Crippen molar-refractivity contribution < 1.29 is 17.9 Å².